The molecule has 10 heteroatoms. The maximum absolute atomic E-state index is 12.6. The first kappa shape index (κ1) is 21.4. The Labute approximate surface area is 183 Å². The smallest absolute Gasteiger partial charge is 0.322 e. The van der Waals surface area contributed by atoms with Gasteiger partial charge in [0.1, 0.15) is 12.3 Å². The van der Waals surface area contributed by atoms with E-state index in [9.17, 15) is 19.2 Å². The number of aliphatic carboxylic acids is 1. The Morgan fingerprint density at radius 1 is 1.12 bits per heavy atom. The quantitative estimate of drug-likeness (QED) is 0.588. The van der Waals surface area contributed by atoms with Crippen LogP contribution in [0.4, 0.5) is 0 Å². The SMILES string of the molecule is O=C(O)CNC(=O)C1C(=O)CCN(Cc2cnc(Oc3ccc(C4CC4)cc3)cn2)C1=O. The molecule has 1 aliphatic heterocycles. The van der Waals surface area contributed by atoms with Gasteiger partial charge in [-0.25, -0.2) is 4.98 Å². The Balaban J connectivity index is 1.35. The van der Waals surface area contributed by atoms with E-state index in [1.165, 1.54) is 35.7 Å². The summed E-state index contributed by atoms with van der Waals surface area (Å²) in [5, 5.41) is 10.8. The van der Waals surface area contributed by atoms with Gasteiger partial charge in [-0.15, -0.1) is 0 Å². The normalized spacial score (nSPS) is 18.4. The summed E-state index contributed by atoms with van der Waals surface area (Å²) in [6.45, 7) is -0.446. The van der Waals surface area contributed by atoms with E-state index in [2.05, 4.69) is 15.3 Å². The van der Waals surface area contributed by atoms with Crippen molar-refractivity contribution in [2.75, 3.05) is 13.1 Å². The predicted molar refractivity (Wildman–Crippen MR) is 110 cm³/mol. The van der Waals surface area contributed by atoms with Crippen LogP contribution in [0.5, 0.6) is 11.6 Å². The number of likely N-dealkylation sites (tertiary alicyclic amines) is 1. The minimum Gasteiger partial charge on any atom is -0.480 e. The number of amides is 2. The molecule has 1 saturated heterocycles. The number of carbonyl (C=O) groups is 4. The van der Waals surface area contributed by atoms with Crippen molar-refractivity contribution >= 4 is 23.6 Å². The van der Waals surface area contributed by atoms with Crippen LogP contribution in [0.1, 0.15) is 36.4 Å². The number of aromatic nitrogens is 2. The number of rotatable bonds is 8. The molecule has 1 aromatic heterocycles. The molecule has 2 aromatic rings. The summed E-state index contributed by atoms with van der Waals surface area (Å²) in [6, 6.07) is 7.87. The van der Waals surface area contributed by atoms with E-state index < -0.39 is 36.0 Å². The number of Topliss-reactive ketones (excluding diaryl/α,β-unsaturated/α-hetero) is 1. The van der Waals surface area contributed by atoms with Gasteiger partial charge in [-0.2, -0.15) is 0 Å². The fourth-order valence-electron chi connectivity index (χ4n) is 3.52. The topological polar surface area (TPSA) is 139 Å². The van der Waals surface area contributed by atoms with E-state index >= 15 is 0 Å². The maximum Gasteiger partial charge on any atom is 0.322 e. The molecule has 1 aliphatic carbocycles. The second-order valence-corrected chi connectivity index (χ2v) is 7.81. The molecule has 10 nitrogen and oxygen atoms in total. The number of carboxylic acids is 1. The molecule has 1 atom stereocenters. The Kier molecular flexibility index (Phi) is 6.11. The van der Waals surface area contributed by atoms with E-state index in [4.69, 9.17) is 9.84 Å². The van der Waals surface area contributed by atoms with Crippen LogP contribution in [0.15, 0.2) is 36.7 Å². The average Bonchev–Trinajstić information content (AvgIpc) is 3.62. The Morgan fingerprint density at radius 2 is 1.88 bits per heavy atom. The van der Waals surface area contributed by atoms with Crippen LogP contribution >= 0.6 is 0 Å². The first-order valence-corrected chi connectivity index (χ1v) is 10.3. The Morgan fingerprint density at radius 3 is 2.50 bits per heavy atom. The zero-order chi connectivity index (χ0) is 22.7. The van der Waals surface area contributed by atoms with Gasteiger partial charge in [0.15, 0.2) is 11.7 Å². The number of hydrogen-bond donors (Lipinski definition) is 2. The molecule has 166 valence electrons. The zero-order valence-corrected chi connectivity index (χ0v) is 17.2. The summed E-state index contributed by atoms with van der Waals surface area (Å²) in [5.74, 6) is -3.30. The third-order valence-electron chi connectivity index (χ3n) is 5.37. The van der Waals surface area contributed by atoms with Crippen LogP contribution in [-0.2, 0) is 25.7 Å². The van der Waals surface area contributed by atoms with Gasteiger partial charge in [-0.1, -0.05) is 12.1 Å². The van der Waals surface area contributed by atoms with Crippen molar-refractivity contribution in [1.82, 2.24) is 20.2 Å². The predicted octanol–water partition coefficient (Wildman–Crippen LogP) is 1.26. The molecular weight excluding hydrogens is 416 g/mol. The third-order valence-corrected chi connectivity index (χ3v) is 5.37. The van der Waals surface area contributed by atoms with E-state index in [0.29, 0.717) is 23.2 Å². The molecule has 1 unspecified atom stereocenters. The van der Waals surface area contributed by atoms with E-state index in [0.717, 1.165) is 0 Å². The summed E-state index contributed by atoms with van der Waals surface area (Å²) in [5.41, 5.74) is 1.77. The number of piperidine rings is 1. The lowest BCUT2D eigenvalue weighted by Crippen LogP contribution is -2.52. The molecule has 2 heterocycles. The summed E-state index contributed by atoms with van der Waals surface area (Å²) in [6.07, 6.45) is 5.38. The highest BCUT2D eigenvalue weighted by Crippen LogP contribution is 2.40. The third kappa shape index (κ3) is 5.08. The molecule has 0 bridgehead atoms. The first-order chi connectivity index (χ1) is 15.4. The molecule has 0 spiro atoms. The van der Waals surface area contributed by atoms with Crippen LogP contribution in [0.2, 0.25) is 0 Å². The van der Waals surface area contributed by atoms with Crippen LogP contribution in [0.3, 0.4) is 0 Å². The highest BCUT2D eigenvalue weighted by atomic mass is 16.5. The van der Waals surface area contributed by atoms with Crippen molar-refractivity contribution in [3.63, 3.8) is 0 Å². The van der Waals surface area contributed by atoms with Crippen LogP contribution < -0.4 is 10.1 Å². The van der Waals surface area contributed by atoms with Gasteiger partial charge in [0.25, 0.3) is 0 Å². The van der Waals surface area contributed by atoms with Gasteiger partial charge in [0.2, 0.25) is 17.7 Å². The van der Waals surface area contributed by atoms with Gasteiger partial charge >= 0.3 is 5.97 Å². The largest absolute Gasteiger partial charge is 0.480 e. The Bertz CT molecular complexity index is 1030. The van der Waals surface area contributed by atoms with Crippen LogP contribution in [0.25, 0.3) is 0 Å². The number of hydrogen-bond acceptors (Lipinski definition) is 7. The van der Waals surface area contributed by atoms with Gasteiger partial charge in [0, 0.05) is 13.0 Å². The van der Waals surface area contributed by atoms with Crippen molar-refractivity contribution in [2.45, 2.75) is 31.7 Å². The maximum atomic E-state index is 12.6. The number of nitrogens with zero attached hydrogens (tertiary/aromatic N) is 3. The lowest BCUT2D eigenvalue weighted by Gasteiger charge is -2.30. The number of ether oxygens (including phenoxy) is 1. The van der Waals surface area contributed by atoms with E-state index in [-0.39, 0.29) is 19.5 Å². The standard InChI is InChI=1S/C22H22N4O6/c27-17-7-8-26(22(31)20(17)21(30)25-11-19(28)29)12-15-9-24-18(10-23-15)32-16-5-3-14(4-6-16)13-1-2-13/h3-6,9-10,13,20H,1-2,7-8,11-12H2,(H,25,30)(H,28,29). The molecule has 1 saturated carbocycles. The lowest BCUT2D eigenvalue weighted by molar-refractivity contribution is -0.152. The minimum atomic E-state index is -1.54. The van der Waals surface area contributed by atoms with Crippen molar-refractivity contribution in [3.8, 4) is 11.6 Å². The van der Waals surface area contributed by atoms with Crippen molar-refractivity contribution in [1.29, 1.82) is 0 Å². The number of carbonyl (C=O) groups excluding carboxylic acids is 3. The number of nitrogens with one attached hydrogen (secondary N) is 1. The molecule has 2 N–H and O–H groups in total. The number of carboxylic acid groups (broad SMARTS) is 1. The number of benzene rings is 1. The molecular formula is C22H22N4O6. The van der Waals surface area contributed by atoms with Crippen LogP contribution in [0, 0.1) is 5.92 Å². The Hall–Kier alpha value is -3.82. The second kappa shape index (κ2) is 9.13. The van der Waals surface area contributed by atoms with Crippen molar-refractivity contribution < 1.29 is 29.0 Å². The first-order valence-electron chi connectivity index (χ1n) is 10.3. The number of ketones is 1. The summed E-state index contributed by atoms with van der Waals surface area (Å²) in [7, 11) is 0. The van der Waals surface area contributed by atoms with Gasteiger partial charge in [-0.3, -0.25) is 24.2 Å². The highest BCUT2D eigenvalue weighted by Gasteiger charge is 2.40. The van der Waals surface area contributed by atoms with Crippen molar-refractivity contribution in [2.24, 2.45) is 5.92 Å². The highest BCUT2D eigenvalue weighted by molar-refractivity contribution is 6.19. The summed E-state index contributed by atoms with van der Waals surface area (Å²) in [4.78, 5) is 57.3. The molecule has 1 aromatic carbocycles. The molecule has 2 aliphatic rings. The zero-order valence-electron chi connectivity index (χ0n) is 17.2. The summed E-state index contributed by atoms with van der Waals surface area (Å²) >= 11 is 0. The van der Waals surface area contributed by atoms with Gasteiger partial charge < -0.3 is 20.1 Å². The molecule has 4 rings (SSSR count). The summed E-state index contributed by atoms with van der Waals surface area (Å²) < 4.78 is 5.71. The van der Waals surface area contributed by atoms with E-state index in [1.807, 2.05) is 24.3 Å². The van der Waals surface area contributed by atoms with E-state index in [1.54, 1.807) is 0 Å². The lowest BCUT2D eigenvalue weighted by atomic mass is 9.94. The molecule has 2 amide bonds. The minimum absolute atomic E-state index is 0.00235. The fraction of sp³-hybridized carbons (Fsp3) is 0.364. The average molecular weight is 438 g/mol. The fourth-order valence-corrected chi connectivity index (χ4v) is 3.52. The van der Waals surface area contributed by atoms with Crippen LogP contribution in [-0.4, -0.2) is 56.6 Å². The molecule has 2 fully saturated rings. The van der Waals surface area contributed by atoms with Gasteiger partial charge in [-0.05, 0) is 36.5 Å². The monoisotopic (exact) mass is 438 g/mol. The second-order valence-electron chi connectivity index (χ2n) is 7.81. The van der Waals surface area contributed by atoms with Crippen molar-refractivity contribution in [3.05, 3.63) is 47.9 Å². The molecule has 32 heavy (non-hydrogen) atoms. The molecule has 0 radical (unpaired) electrons. The van der Waals surface area contributed by atoms with Gasteiger partial charge in [0.05, 0.1) is 24.6 Å².